The number of carboxylic acids is 1. The molecule has 0 radical (unpaired) electrons. The molecule has 22 heavy (non-hydrogen) atoms. The second-order valence-electron chi connectivity index (χ2n) is 6.09. The van der Waals surface area contributed by atoms with Crippen LogP contribution < -0.4 is 5.73 Å². The van der Waals surface area contributed by atoms with Gasteiger partial charge in [-0.2, -0.15) is 0 Å². The third-order valence-corrected chi connectivity index (χ3v) is 5.52. The van der Waals surface area contributed by atoms with E-state index in [-0.39, 0.29) is 29.2 Å². The van der Waals surface area contributed by atoms with Gasteiger partial charge in [0, 0.05) is 21.2 Å². The SMILES string of the molecule is CC(C)(CCS(=N)(=O)CC[C@H](N)C(=O)O)c1ccc(F)cc1. The molecule has 0 heterocycles. The number of rotatable bonds is 8. The molecule has 7 heteroatoms. The number of carbonyl (C=O) groups is 1. The van der Waals surface area contributed by atoms with Crippen LogP contribution in [0, 0.1) is 10.6 Å². The van der Waals surface area contributed by atoms with Crippen molar-refractivity contribution in [1.82, 2.24) is 0 Å². The Morgan fingerprint density at radius 1 is 1.36 bits per heavy atom. The van der Waals surface area contributed by atoms with Gasteiger partial charge in [-0.25, -0.2) is 8.60 Å². The van der Waals surface area contributed by atoms with E-state index in [0.29, 0.717) is 6.42 Å². The Bertz CT molecular complexity index is 612. The van der Waals surface area contributed by atoms with Crippen LogP contribution in [0.3, 0.4) is 0 Å². The lowest BCUT2D eigenvalue weighted by Crippen LogP contribution is -2.32. The lowest BCUT2D eigenvalue weighted by molar-refractivity contribution is -0.138. The monoisotopic (exact) mass is 330 g/mol. The molecule has 124 valence electrons. The Balaban J connectivity index is 2.63. The molecule has 5 nitrogen and oxygen atoms in total. The maximum Gasteiger partial charge on any atom is 0.320 e. The lowest BCUT2D eigenvalue weighted by Gasteiger charge is -2.26. The van der Waals surface area contributed by atoms with Crippen LogP contribution in [-0.2, 0) is 19.9 Å². The van der Waals surface area contributed by atoms with Gasteiger partial charge in [0.05, 0.1) is 0 Å². The fourth-order valence-corrected chi connectivity index (χ4v) is 3.69. The van der Waals surface area contributed by atoms with Crippen LogP contribution in [0.1, 0.15) is 32.3 Å². The molecule has 0 spiro atoms. The van der Waals surface area contributed by atoms with Crippen molar-refractivity contribution in [2.75, 3.05) is 11.5 Å². The van der Waals surface area contributed by atoms with Crippen molar-refractivity contribution in [3.05, 3.63) is 35.6 Å². The van der Waals surface area contributed by atoms with Crippen LogP contribution in [0.4, 0.5) is 4.39 Å². The van der Waals surface area contributed by atoms with E-state index in [1.165, 1.54) is 12.1 Å². The highest BCUT2D eigenvalue weighted by Gasteiger charge is 2.23. The van der Waals surface area contributed by atoms with Gasteiger partial charge in [0.2, 0.25) is 0 Å². The van der Waals surface area contributed by atoms with Gasteiger partial charge in [0.25, 0.3) is 0 Å². The quantitative estimate of drug-likeness (QED) is 0.680. The van der Waals surface area contributed by atoms with Crippen LogP contribution >= 0.6 is 0 Å². The van der Waals surface area contributed by atoms with Gasteiger partial charge in [0.15, 0.2) is 0 Å². The van der Waals surface area contributed by atoms with Crippen molar-refractivity contribution in [2.45, 2.75) is 38.1 Å². The van der Waals surface area contributed by atoms with Crippen molar-refractivity contribution < 1.29 is 18.5 Å². The highest BCUT2D eigenvalue weighted by Crippen LogP contribution is 2.28. The van der Waals surface area contributed by atoms with Gasteiger partial charge in [-0.3, -0.25) is 9.57 Å². The van der Waals surface area contributed by atoms with Gasteiger partial charge in [-0.05, 0) is 36.0 Å². The summed E-state index contributed by atoms with van der Waals surface area (Å²) < 4.78 is 33.0. The first-order valence-corrected chi connectivity index (χ1v) is 8.92. The lowest BCUT2D eigenvalue weighted by atomic mass is 9.82. The molecule has 0 saturated heterocycles. The summed E-state index contributed by atoms with van der Waals surface area (Å²) in [5.74, 6) is -1.34. The molecule has 0 saturated carbocycles. The Morgan fingerprint density at radius 3 is 2.41 bits per heavy atom. The minimum atomic E-state index is -2.88. The Labute approximate surface area is 130 Å². The predicted octanol–water partition coefficient (Wildman–Crippen LogP) is 2.34. The second kappa shape index (κ2) is 7.19. The molecule has 0 aliphatic heterocycles. The van der Waals surface area contributed by atoms with Crippen molar-refractivity contribution in [3.8, 4) is 0 Å². The molecule has 1 aromatic rings. The third-order valence-electron chi connectivity index (χ3n) is 3.76. The number of hydrogen-bond acceptors (Lipinski definition) is 4. The van der Waals surface area contributed by atoms with E-state index in [1.54, 1.807) is 12.1 Å². The number of nitrogens with one attached hydrogen (secondary N) is 1. The fraction of sp³-hybridized carbons (Fsp3) is 0.533. The van der Waals surface area contributed by atoms with Gasteiger partial charge >= 0.3 is 5.97 Å². The number of aliphatic carboxylic acids is 1. The predicted molar refractivity (Wildman–Crippen MR) is 84.9 cm³/mol. The maximum absolute atomic E-state index is 13.0. The summed E-state index contributed by atoms with van der Waals surface area (Å²) in [6.45, 7) is 3.89. The second-order valence-corrected chi connectivity index (χ2v) is 8.53. The molecule has 0 aliphatic carbocycles. The summed E-state index contributed by atoms with van der Waals surface area (Å²) in [6.07, 6.45) is 0.512. The van der Waals surface area contributed by atoms with Gasteiger partial charge < -0.3 is 10.8 Å². The third kappa shape index (κ3) is 5.73. The average molecular weight is 330 g/mol. The molecule has 0 aliphatic rings. The molecule has 2 atom stereocenters. The average Bonchev–Trinajstić information content (AvgIpc) is 2.43. The Morgan fingerprint density at radius 2 is 1.91 bits per heavy atom. The van der Waals surface area contributed by atoms with Crippen LogP contribution in [0.25, 0.3) is 0 Å². The molecule has 1 unspecified atom stereocenters. The van der Waals surface area contributed by atoms with E-state index in [9.17, 15) is 13.4 Å². The molecule has 0 amide bonds. The first-order chi connectivity index (χ1) is 10.0. The van der Waals surface area contributed by atoms with E-state index in [4.69, 9.17) is 15.6 Å². The topological polar surface area (TPSA) is 104 Å². The molecule has 0 fully saturated rings. The van der Waals surface area contributed by atoms with Gasteiger partial charge in [0.1, 0.15) is 11.9 Å². The Hall–Kier alpha value is -1.47. The number of benzene rings is 1. The van der Waals surface area contributed by atoms with Crippen LogP contribution in [0.2, 0.25) is 0 Å². The maximum atomic E-state index is 13.0. The minimum absolute atomic E-state index is 0.0225. The van der Waals surface area contributed by atoms with E-state index >= 15 is 0 Å². The highest BCUT2D eigenvalue weighted by atomic mass is 32.2. The van der Waals surface area contributed by atoms with E-state index in [0.717, 1.165) is 5.56 Å². The van der Waals surface area contributed by atoms with Gasteiger partial charge in [-0.15, -0.1) is 0 Å². The van der Waals surface area contributed by atoms with Crippen molar-refractivity contribution in [2.24, 2.45) is 5.73 Å². The molecule has 1 aromatic carbocycles. The summed E-state index contributed by atoms with van der Waals surface area (Å²) >= 11 is 0. The first-order valence-electron chi connectivity index (χ1n) is 7.02. The van der Waals surface area contributed by atoms with Crippen molar-refractivity contribution >= 4 is 15.7 Å². The zero-order valence-corrected chi connectivity index (χ0v) is 13.7. The molecule has 4 N–H and O–H groups in total. The van der Waals surface area contributed by atoms with Crippen LogP contribution in [-0.4, -0.2) is 32.8 Å². The molecule has 0 aromatic heterocycles. The smallest absolute Gasteiger partial charge is 0.320 e. The zero-order chi connectivity index (χ0) is 17.0. The van der Waals surface area contributed by atoms with Crippen molar-refractivity contribution in [1.29, 1.82) is 4.78 Å². The number of halogens is 1. The minimum Gasteiger partial charge on any atom is -0.480 e. The molecule has 1 rings (SSSR count). The first kappa shape index (κ1) is 18.6. The van der Waals surface area contributed by atoms with E-state index < -0.39 is 21.7 Å². The normalized spacial score (nSPS) is 16.0. The summed E-state index contributed by atoms with van der Waals surface area (Å²) in [5, 5.41) is 8.70. The standard InChI is InChI=1S/C15H23FN2O3S/c1-15(2,11-3-5-12(16)6-4-11)8-10-22(18,21)9-7-13(17)14(19)20/h3-6,13,18H,7-10,17H2,1-2H3,(H,19,20)/t13-,22?/m0/s1. The van der Waals surface area contributed by atoms with Crippen molar-refractivity contribution in [3.63, 3.8) is 0 Å². The fourth-order valence-electron chi connectivity index (χ4n) is 2.01. The largest absolute Gasteiger partial charge is 0.480 e. The highest BCUT2D eigenvalue weighted by molar-refractivity contribution is 7.92. The number of carboxylic acid groups (broad SMARTS) is 1. The molecular weight excluding hydrogens is 307 g/mol. The summed E-state index contributed by atoms with van der Waals surface area (Å²) in [6, 6.07) is 5.03. The molecular formula is C15H23FN2O3S. The van der Waals surface area contributed by atoms with Gasteiger partial charge in [-0.1, -0.05) is 26.0 Å². The number of hydrogen-bond donors (Lipinski definition) is 3. The number of nitrogens with two attached hydrogens (primary N) is 1. The summed E-state index contributed by atoms with van der Waals surface area (Å²) in [7, 11) is -2.88. The zero-order valence-electron chi connectivity index (χ0n) is 12.8. The van der Waals surface area contributed by atoms with E-state index in [1.807, 2.05) is 13.8 Å². The Kier molecular flexibility index (Phi) is 6.08. The van der Waals surface area contributed by atoms with Crippen LogP contribution in [0.15, 0.2) is 24.3 Å². The summed E-state index contributed by atoms with van der Waals surface area (Å²) in [4.78, 5) is 10.6. The van der Waals surface area contributed by atoms with E-state index in [2.05, 4.69) is 0 Å². The summed E-state index contributed by atoms with van der Waals surface area (Å²) in [5.41, 5.74) is 5.93. The van der Waals surface area contributed by atoms with Crippen LogP contribution in [0.5, 0.6) is 0 Å². The molecule has 0 bridgehead atoms.